The molecule has 2 aromatic carbocycles. The first kappa shape index (κ1) is 20.2. The number of carbonyl (C=O) groups is 3. The molecule has 29 heavy (non-hydrogen) atoms. The van der Waals surface area contributed by atoms with Crippen molar-refractivity contribution in [2.45, 2.75) is 13.3 Å². The highest BCUT2D eigenvalue weighted by molar-refractivity contribution is 7.14. The number of para-hydroxylation sites is 1. The van der Waals surface area contributed by atoms with E-state index < -0.39 is 5.91 Å². The number of rotatable bonds is 7. The van der Waals surface area contributed by atoms with Crippen LogP contribution >= 0.6 is 11.3 Å². The lowest BCUT2D eigenvalue weighted by Gasteiger charge is -2.10. The summed E-state index contributed by atoms with van der Waals surface area (Å²) in [6.07, 6.45) is 0.0456. The van der Waals surface area contributed by atoms with Gasteiger partial charge in [0.1, 0.15) is 0 Å². The van der Waals surface area contributed by atoms with E-state index in [9.17, 15) is 14.4 Å². The molecular weight excluding hydrogens is 390 g/mol. The van der Waals surface area contributed by atoms with E-state index in [1.54, 1.807) is 60.8 Å². The highest BCUT2D eigenvalue weighted by atomic mass is 32.1. The zero-order valence-electron chi connectivity index (χ0n) is 15.7. The van der Waals surface area contributed by atoms with Crippen molar-refractivity contribution in [1.29, 1.82) is 0 Å². The molecule has 0 aliphatic carbocycles. The third-order valence-electron chi connectivity index (χ3n) is 3.86. The molecule has 0 saturated carbocycles. The molecule has 3 aromatic rings. The molecule has 8 heteroatoms. The fourth-order valence-corrected chi connectivity index (χ4v) is 3.25. The average Bonchev–Trinajstić information content (AvgIpc) is 3.15. The SMILES string of the molecule is CCOC(=O)Cc1csc(NC(=O)c2ccccc2NC(=O)c2ccccc2)n1. The van der Waals surface area contributed by atoms with Gasteiger partial charge in [-0.3, -0.25) is 19.7 Å². The molecule has 0 bridgehead atoms. The number of aromatic nitrogens is 1. The maximum atomic E-state index is 12.7. The topological polar surface area (TPSA) is 97.4 Å². The summed E-state index contributed by atoms with van der Waals surface area (Å²) in [6.45, 7) is 2.04. The summed E-state index contributed by atoms with van der Waals surface area (Å²) >= 11 is 1.21. The van der Waals surface area contributed by atoms with Crippen molar-refractivity contribution in [2.75, 3.05) is 17.2 Å². The van der Waals surface area contributed by atoms with Crippen molar-refractivity contribution in [2.24, 2.45) is 0 Å². The molecule has 2 amide bonds. The van der Waals surface area contributed by atoms with Gasteiger partial charge < -0.3 is 10.1 Å². The number of hydrogen-bond donors (Lipinski definition) is 2. The molecule has 7 nitrogen and oxygen atoms in total. The fourth-order valence-electron chi connectivity index (χ4n) is 2.54. The number of nitrogens with one attached hydrogen (secondary N) is 2. The van der Waals surface area contributed by atoms with Gasteiger partial charge >= 0.3 is 5.97 Å². The Morgan fingerprint density at radius 1 is 0.966 bits per heavy atom. The first-order chi connectivity index (χ1) is 14.1. The molecular formula is C21H19N3O4S. The monoisotopic (exact) mass is 409 g/mol. The first-order valence-corrected chi connectivity index (χ1v) is 9.81. The molecule has 0 atom stereocenters. The molecule has 0 spiro atoms. The Bertz CT molecular complexity index is 1020. The molecule has 2 N–H and O–H groups in total. The van der Waals surface area contributed by atoms with Gasteiger partial charge in [0.2, 0.25) is 0 Å². The Labute approximate surface area is 171 Å². The lowest BCUT2D eigenvalue weighted by atomic mass is 10.1. The van der Waals surface area contributed by atoms with E-state index in [4.69, 9.17) is 4.74 Å². The Morgan fingerprint density at radius 3 is 2.45 bits per heavy atom. The predicted octanol–water partition coefficient (Wildman–Crippen LogP) is 3.75. The van der Waals surface area contributed by atoms with Gasteiger partial charge in [0, 0.05) is 10.9 Å². The van der Waals surface area contributed by atoms with Gasteiger partial charge in [-0.05, 0) is 31.2 Å². The van der Waals surface area contributed by atoms with Crippen molar-refractivity contribution >= 4 is 39.9 Å². The molecule has 3 rings (SSSR count). The van der Waals surface area contributed by atoms with E-state index in [0.29, 0.717) is 34.2 Å². The summed E-state index contributed by atoms with van der Waals surface area (Å²) in [5.74, 6) is -1.09. The van der Waals surface area contributed by atoms with Gasteiger partial charge in [0.15, 0.2) is 5.13 Å². The van der Waals surface area contributed by atoms with Crippen LogP contribution in [0.4, 0.5) is 10.8 Å². The summed E-state index contributed by atoms with van der Waals surface area (Å²) in [5.41, 5.74) is 1.71. The van der Waals surface area contributed by atoms with Gasteiger partial charge in [-0.1, -0.05) is 30.3 Å². The molecule has 0 fully saturated rings. The van der Waals surface area contributed by atoms with Crippen molar-refractivity contribution < 1.29 is 19.1 Å². The normalized spacial score (nSPS) is 10.2. The standard InChI is InChI=1S/C21H19N3O4S/c1-2-28-18(25)12-15-13-29-21(22-15)24-20(27)16-10-6-7-11-17(16)23-19(26)14-8-4-3-5-9-14/h3-11,13H,2,12H2,1H3,(H,23,26)(H,22,24,27). The number of carbonyl (C=O) groups excluding carboxylic acids is 3. The summed E-state index contributed by atoms with van der Waals surface area (Å²) in [4.78, 5) is 40.9. The van der Waals surface area contributed by atoms with E-state index in [-0.39, 0.29) is 18.3 Å². The smallest absolute Gasteiger partial charge is 0.311 e. The Balaban J connectivity index is 1.70. The quantitative estimate of drug-likeness (QED) is 0.579. The molecule has 1 heterocycles. The predicted molar refractivity (Wildman–Crippen MR) is 111 cm³/mol. The van der Waals surface area contributed by atoms with Crippen molar-refractivity contribution in [1.82, 2.24) is 4.98 Å². The number of nitrogens with zero attached hydrogens (tertiary/aromatic N) is 1. The van der Waals surface area contributed by atoms with E-state index in [1.165, 1.54) is 11.3 Å². The van der Waals surface area contributed by atoms with Crippen LogP contribution < -0.4 is 10.6 Å². The van der Waals surface area contributed by atoms with Crippen LogP contribution in [-0.4, -0.2) is 29.4 Å². The van der Waals surface area contributed by atoms with E-state index in [1.807, 2.05) is 6.07 Å². The third kappa shape index (κ3) is 5.49. The van der Waals surface area contributed by atoms with Crippen LogP contribution in [0.1, 0.15) is 33.3 Å². The molecule has 0 aliphatic heterocycles. The van der Waals surface area contributed by atoms with E-state index >= 15 is 0 Å². The highest BCUT2D eigenvalue weighted by Gasteiger charge is 2.16. The number of ether oxygens (including phenoxy) is 1. The molecule has 0 unspecified atom stereocenters. The van der Waals surface area contributed by atoms with Gasteiger partial charge in [-0.25, -0.2) is 4.98 Å². The van der Waals surface area contributed by atoms with Gasteiger partial charge in [-0.15, -0.1) is 11.3 Å². The van der Waals surface area contributed by atoms with Crippen molar-refractivity contribution in [3.63, 3.8) is 0 Å². The maximum absolute atomic E-state index is 12.7. The minimum Gasteiger partial charge on any atom is -0.466 e. The minimum atomic E-state index is -0.411. The van der Waals surface area contributed by atoms with Gasteiger partial charge in [0.25, 0.3) is 11.8 Å². The second kappa shape index (κ2) is 9.61. The van der Waals surface area contributed by atoms with Crippen molar-refractivity contribution in [3.05, 3.63) is 76.8 Å². The fraction of sp³-hybridized carbons (Fsp3) is 0.143. The number of benzene rings is 2. The van der Waals surface area contributed by atoms with Crippen LogP contribution in [-0.2, 0) is 16.0 Å². The van der Waals surface area contributed by atoms with Crippen LogP contribution in [0.5, 0.6) is 0 Å². The van der Waals surface area contributed by atoms with Gasteiger partial charge in [-0.2, -0.15) is 0 Å². The number of hydrogen-bond acceptors (Lipinski definition) is 6. The largest absolute Gasteiger partial charge is 0.466 e. The second-order valence-electron chi connectivity index (χ2n) is 5.95. The number of anilines is 2. The molecule has 0 aliphatic rings. The Hall–Kier alpha value is -3.52. The third-order valence-corrected chi connectivity index (χ3v) is 4.67. The lowest BCUT2D eigenvalue weighted by molar-refractivity contribution is -0.142. The van der Waals surface area contributed by atoms with Crippen LogP contribution in [0, 0.1) is 0 Å². The molecule has 1 aromatic heterocycles. The number of esters is 1. The first-order valence-electron chi connectivity index (χ1n) is 8.93. The summed E-state index contributed by atoms with van der Waals surface area (Å²) < 4.78 is 4.89. The lowest BCUT2D eigenvalue weighted by Crippen LogP contribution is -2.18. The summed E-state index contributed by atoms with van der Waals surface area (Å²) in [5, 5.41) is 7.51. The Morgan fingerprint density at radius 2 is 1.69 bits per heavy atom. The minimum absolute atomic E-state index is 0.0456. The molecule has 0 saturated heterocycles. The number of amides is 2. The van der Waals surface area contributed by atoms with E-state index in [2.05, 4.69) is 15.6 Å². The zero-order valence-corrected chi connectivity index (χ0v) is 16.5. The highest BCUT2D eigenvalue weighted by Crippen LogP contribution is 2.21. The maximum Gasteiger partial charge on any atom is 0.311 e. The zero-order chi connectivity index (χ0) is 20.6. The van der Waals surface area contributed by atoms with Crippen LogP contribution in [0.2, 0.25) is 0 Å². The molecule has 148 valence electrons. The summed E-state index contributed by atoms with van der Waals surface area (Å²) in [6, 6.07) is 15.5. The van der Waals surface area contributed by atoms with Crippen LogP contribution in [0.3, 0.4) is 0 Å². The van der Waals surface area contributed by atoms with Crippen molar-refractivity contribution in [3.8, 4) is 0 Å². The van der Waals surface area contributed by atoms with Gasteiger partial charge in [0.05, 0.1) is 30.0 Å². The molecule has 0 radical (unpaired) electrons. The Kier molecular flexibility index (Phi) is 6.70. The number of thiazole rings is 1. The van der Waals surface area contributed by atoms with Crippen LogP contribution in [0.15, 0.2) is 60.0 Å². The van der Waals surface area contributed by atoms with Crippen LogP contribution in [0.25, 0.3) is 0 Å². The summed E-state index contributed by atoms with van der Waals surface area (Å²) in [7, 11) is 0. The average molecular weight is 409 g/mol. The second-order valence-corrected chi connectivity index (χ2v) is 6.80. The van der Waals surface area contributed by atoms with E-state index in [0.717, 1.165) is 0 Å².